The molecule has 11 fully saturated rings. The van der Waals surface area contributed by atoms with Crippen LogP contribution in [0.5, 0.6) is 0 Å². The first-order valence-corrected chi connectivity index (χ1v) is 45.4. The molecule has 7 heterocycles. The number of rotatable bonds is 32. The van der Waals surface area contributed by atoms with Crippen molar-refractivity contribution in [3.05, 3.63) is 11.6 Å². The van der Waals surface area contributed by atoms with Crippen LogP contribution < -0.4 is 0 Å². The monoisotopic (exact) mass is 1860 g/mol. The third-order valence-electron chi connectivity index (χ3n) is 31.4. The van der Waals surface area contributed by atoms with Gasteiger partial charge in [0, 0.05) is 12.8 Å². The third-order valence-corrected chi connectivity index (χ3v) is 31.4. The maximum atomic E-state index is 16.2. The molecule has 0 aromatic heterocycles. The number of carbonyl (C=O) groups is 5. The van der Waals surface area contributed by atoms with Crippen molar-refractivity contribution in [1.82, 2.24) is 0 Å². The fraction of sp³-hybridized carbons (Fsp3) is 0.920. The number of carboxylic acid groups (broad SMARTS) is 1. The molecular weight excluding hydrogens is 1720 g/mol. The van der Waals surface area contributed by atoms with Crippen LogP contribution in [0.25, 0.3) is 0 Å². The zero-order valence-corrected chi connectivity index (χ0v) is 74.9. The molecule has 0 bridgehead atoms. The third kappa shape index (κ3) is 20.2. The van der Waals surface area contributed by atoms with Gasteiger partial charge in [-0.05, 0) is 123 Å². The summed E-state index contributed by atoms with van der Waals surface area (Å²) in [5.74, 6) is -7.05. The van der Waals surface area contributed by atoms with Gasteiger partial charge in [-0.3, -0.25) is 14.4 Å². The van der Waals surface area contributed by atoms with Gasteiger partial charge in [0.05, 0.1) is 87.4 Å². The van der Waals surface area contributed by atoms with Gasteiger partial charge in [-0.2, -0.15) is 0 Å². The lowest BCUT2D eigenvalue weighted by Crippen LogP contribution is -2.69. The molecule has 42 heteroatoms. The number of hydrogen-bond donors (Lipinski definition) is 21. The van der Waals surface area contributed by atoms with Crippen LogP contribution in [0.1, 0.15) is 179 Å². The van der Waals surface area contributed by atoms with Gasteiger partial charge in [0.15, 0.2) is 56.1 Å². The molecule has 4 saturated carbocycles. The first-order chi connectivity index (χ1) is 60.5. The van der Waals surface area contributed by atoms with Gasteiger partial charge >= 0.3 is 23.9 Å². The zero-order valence-electron chi connectivity index (χ0n) is 74.9. The first-order valence-electron chi connectivity index (χ1n) is 45.4. The minimum atomic E-state index is -2.25. The van der Waals surface area contributed by atoms with Crippen LogP contribution in [0.15, 0.2) is 11.6 Å². The molecule has 0 aromatic carbocycles. The number of carbonyl (C=O) groups excluding carboxylic acids is 4. The Balaban J connectivity index is 0.785. The van der Waals surface area contributed by atoms with Crippen molar-refractivity contribution in [3.63, 3.8) is 0 Å². The van der Waals surface area contributed by atoms with Crippen LogP contribution >= 0.6 is 0 Å². The number of ether oxygens (including phenoxy) is 16. The van der Waals surface area contributed by atoms with Crippen molar-refractivity contribution in [2.75, 3.05) is 26.4 Å². The lowest BCUT2D eigenvalue weighted by atomic mass is 9.33. The molecule has 0 radical (unpaired) electrons. The summed E-state index contributed by atoms with van der Waals surface area (Å²) < 4.78 is 96.6. The number of aliphatic hydroxyl groups excluding tert-OH is 20. The van der Waals surface area contributed by atoms with Crippen LogP contribution in [-0.4, -0.2) is 397 Å². The maximum absolute atomic E-state index is 16.2. The Morgan fingerprint density at radius 3 is 1.62 bits per heavy atom. The number of carboxylic acids is 1. The van der Waals surface area contributed by atoms with Crippen molar-refractivity contribution in [1.29, 1.82) is 0 Å². The van der Waals surface area contributed by atoms with Gasteiger partial charge in [-0.25, -0.2) is 4.79 Å². The number of esters is 3. The van der Waals surface area contributed by atoms with E-state index in [1.807, 2.05) is 27.7 Å². The average molecular weight is 1860 g/mol. The van der Waals surface area contributed by atoms with Crippen molar-refractivity contribution in [3.8, 4) is 0 Å². The minimum absolute atomic E-state index is 0.0335. The number of aliphatic carboxylic acids is 1. The van der Waals surface area contributed by atoms with Crippen LogP contribution in [0.4, 0.5) is 0 Å². The Hall–Kier alpha value is -4.03. The molecule has 740 valence electrons. The highest BCUT2D eigenvalue weighted by atomic mass is 16.8. The minimum Gasteiger partial charge on any atom is -0.479 e. The van der Waals surface area contributed by atoms with Crippen molar-refractivity contribution in [2.24, 2.45) is 62.1 Å². The molecule has 0 aromatic rings. The molecule has 7 saturated heterocycles. The summed E-state index contributed by atoms with van der Waals surface area (Å²) in [7, 11) is 0. The average Bonchev–Trinajstić information content (AvgIpc) is 0.970. The lowest BCUT2D eigenvalue weighted by molar-refractivity contribution is -0.391. The van der Waals surface area contributed by atoms with Crippen molar-refractivity contribution < 1.29 is 207 Å². The van der Waals surface area contributed by atoms with E-state index in [0.29, 0.717) is 51.4 Å². The van der Waals surface area contributed by atoms with E-state index in [1.165, 1.54) is 13.8 Å². The molecule has 21 N–H and O–H groups in total. The van der Waals surface area contributed by atoms with E-state index in [-0.39, 0.29) is 43.9 Å². The second kappa shape index (κ2) is 41.3. The van der Waals surface area contributed by atoms with Crippen LogP contribution in [0.3, 0.4) is 0 Å². The standard InChI is InChI=1S/C87H140O42/c1-13-34(3)44(118-52(96)25-39(92)24-45(35(4)14-2)119-77-62(106)57(101)47(30-89)120-77)23-38(91)26-53(97)123-68-37(6)117-79(71(65(68)109)127-76-64(108)59(103)67(36(5)116-76)124-74-60(104)54(98)42(93)31-114-74)129-81(113)87-22-21-82(7,8)27-41(87)40-15-16-49-83(9)19-18-51(84(10,33-90)48(83)17-20-85(49,11)86(40,12)28-50(87)95)122-80-72(128-78-63(107)58(102)56(100)46(29-88)121-78)69(66(110)70(126-80)73(111)112)125-75-61(105)55(99)43(94)32-115-75/h15,33-39,41-51,54-72,74-80,88-89,91-95,98-110H,13-14,16-32H2,1-12H3,(H,111,112). The number of hydrogen-bond acceptors (Lipinski definition) is 41. The second-order valence-corrected chi connectivity index (χ2v) is 40.1. The number of fused-ring (bicyclic) bond motifs is 7. The Labute approximate surface area is 747 Å². The molecule has 0 amide bonds. The molecule has 42 nitrogen and oxygen atoms in total. The van der Waals surface area contributed by atoms with E-state index in [0.717, 1.165) is 11.9 Å². The Morgan fingerprint density at radius 1 is 0.504 bits per heavy atom. The number of aldehydes is 1. The molecular formula is C87H140O42. The Kier molecular flexibility index (Phi) is 33.3. The summed E-state index contributed by atoms with van der Waals surface area (Å²) in [6.45, 7) is 19.4. The molecule has 5 aliphatic carbocycles. The van der Waals surface area contributed by atoms with E-state index >= 15 is 4.79 Å². The smallest absolute Gasteiger partial charge is 0.335 e. The SMILES string of the molecule is CCC(C)C(CC(O)CC(=O)OC1C(C)OC(OC(=O)C23CCC(C)(C)CC2C2=CCC4C5(C)CCC(OC6OC(C(=O)O)C(O)C(OC7OCC(O)C(O)C7O)C6OC6OC(CO)C(O)C(O)C6O)C(C)(C=O)C5CCC4(C)C2(C)CC3O)C(OC2OC(C)C(OC3OCC(O)C(O)C3O)C(O)C2O)C1O)OC(=O)CC(O)CC(OC1OC(CO)C(O)C1O)C(C)CC. The summed E-state index contributed by atoms with van der Waals surface area (Å²) in [6, 6.07) is 0. The van der Waals surface area contributed by atoms with E-state index in [4.69, 9.17) is 75.8 Å². The molecule has 48 unspecified atom stereocenters. The summed E-state index contributed by atoms with van der Waals surface area (Å²) in [5.41, 5.74) is -5.35. The van der Waals surface area contributed by atoms with Gasteiger partial charge in [-0.1, -0.05) is 93.7 Å². The second-order valence-electron chi connectivity index (χ2n) is 40.1. The van der Waals surface area contributed by atoms with Crippen molar-refractivity contribution >= 4 is 30.2 Å². The van der Waals surface area contributed by atoms with E-state index in [2.05, 4.69) is 26.8 Å². The Morgan fingerprint density at radius 2 is 1.02 bits per heavy atom. The Bertz CT molecular complexity index is 3790. The quantitative estimate of drug-likeness (QED) is 0.00999. The highest BCUT2D eigenvalue weighted by Crippen LogP contribution is 2.76. The lowest BCUT2D eigenvalue weighted by Gasteiger charge is -2.71. The normalized spacial score (nSPS) is 48.4. The van der Waals surface area contributed by atoms with Gasteiger partial charge in [0.2, 0.25) is 6.29 Å². The predicted octanol–water partition coefficient (Wildman–Crippen LogP) is -4.15. The molecule has 0 spiro atoms. The van der Waals surface area contributed by atoms with Gasteiger partial charge < -0.3 is 188 Å². The molecule has 129 heavy (non-hydrogen) atoms. The fourth-order valence-electron chi connectivity index (χ4n) is 22.9. The van der Waals surface area contributed by atoms with Gasteiger partial charge in [-0.15, -0.1) is 0 Å². The van der Waals surface area contributed by atoms with E-state index in [9.17, 15) is 126 Å². The van der Waals surface area contributed by atoms with Crippen LogP contribution in [0.2, 0.25) is 0 Å². The summed E-state index contributed by atoms with van der Waals surface area (Å²) in [4.78, 5) is 71.7. The topological polar surface area (TPSA) is 658 Å². The van der Waals surface area contributed by atoms with Crippen LogP contribution in [-0.2, 0) is 99.8 Å². The van der Waals surface area contributed by atoms with Crippen molar-refractivity contribution in [2.45, 2.75) is 413 Å². The molecule has 7 aliphatic heterocycles. The number of allylic oxidation sites excluding steroid dienone is 2. The highest BCUT2D eigenvalue weighted by molar-refractivity contribution is 5.80. The van der Waals surface area contributed by atoms with Gasteiger partial charge in [0.25, 0.3) is 0 Å². The summed E-state index contributed by atoms with van der Waals surface area (Å²) >= 11 is 0. The molecule has 12 aliphatic rings. The zero-order chi connectivity index (χ0) is 94.9. The summed E-state index contributed by atoms with van der Waals surface area (Å²) in [5, 5.41) is 233. The van der Waals surface area contributed by atoms with Gasteiger partial charge in [0.1, 0.15) is 140 Å². The fourth-order valence-corrected chi connectivity index (χ4v) is 22.9. The van der Waals surface area contributed by atoms with Crippen LogP contribution in [0, 0.1) is 62.1 Å². The first kappa shape index (κ1) is 104. The predicted molar refractivity (Wildman–Crippen MR) is 431 cm³/mol. The largest absolute Gasteiger partial charge is 0.479 e. The summed E-state index contributed by atoms with van der Waals surface area (Å²) in [6.07, 6.45) is -61.3. The maximum Gasteiger partial charge on any atom is 0.335 e. The molecule has 12 rings (SSSR count). The number of aliphatic hydroxyl groups is 20. The van der Waals surface area contributed by atoms with E-state index < -0.39 is 347 Å². The molecule has 48 atom stereocenters. The van der Waals surface area contributed by atoms with E-state index in [1.54, 1.807) is 20.8 Å². The highest BCUT2D eigenvalue weighted by Gasteiger charge is 2.73.